The van der Waals surface area contributed by atoms with Crippen LogP contribution in [0.5, 0.6) is 0 Å². The van der Waals surface area contributed by atoms with E-state index in [-0.39, 0.29) is 23.8 Å². The van der Waals surface area contributed by atoms with Crippen molar-refractivity contribution in [3.63, 3.8) is 0 Å². The lowest BCUT2D eigenvalue weighted by Gasteiger charge is -2.12. The van der Waals surface area contributed by atoms with E-state index in [9.17, 15) is 14.0 Å². The predicted octanol–water partition coefficient (Wildman–Crippen LogP) is 2.00. The predicted molar refractivity (Wildman–Crippen MR) is 65.0 cm³/mol. The van der Waals surface area contributed by atoms with Gasteiger partial charge in [0, 0.05) is 11.1 Å². The molecule has 0 saturated heterocycles. The van der Waals surface area contributed by atoms with Crippen LogP contribution in [0.3, 0.4) is 0 Å². The van der Waals surface area contributed by atoms with E-state index in [0.717, 1.165) is 6.07 Å². The molecule has 18 heavy (non-hydrogen) atoms. The van der Waals surface area contributed by atoms with E-state index in [1.165, 1.54) is 12.1 Å². The highest BCUT2D eigenvalue weighted by Crippen LogP contribution is 2.17. The molecule has 0 aliphatic carbocycles. The maximum absolute atomic E-state index is 12.8. The summed E-state index contributed by atoms with van der Waals surface area (Å²) in [5.41, 5.74) is 0.498. The van der Waals surface area contributed by atoms with Crippen molar-refractivity contribution in [2.45, 2.75) is 25.8 Å². The second-order valence-corrected chi connectivity index (χ2v) is 4.39. The number of rotatable bonds is 5. The third-order valence-corrected chi connectivity index (χ3v) is 2.61. The highest BCUT2D eigenvalue weighted by Gasteiger charge is 2.12. The number of carboxylic acids is 1. The van der Waals surface area contributed by atoms with E-state index in [4.69, 9.17) is 16.7 Å². The minimum absolute atomic E-state index is 0.0108. The van der Waals surface area contributed by atoms with Gasteiger partial charge in [0.05, 0.1) is 12.8 Å². The van der Waals surface area contributed by atoms with Crippen LogP contribution in [-0.2, 0) is 16.0 Å². The number of halogens is 2. The minimum atomic E-state index is -0.984. The van der Waals surface area contributed by atoms with Gasteiger partial charge in [-0.05, 0) is 24.6 Å². The molecule has 4 nitrogen and oxygen atoms in total. The largest absolute Gasteiger partial charge is 0.481 e. The molecule has 0 fully saturated rings. The monoisotopic (exact) mass is 273 g/mol. The van der Waals surface area contributed by atoms with Gasteiger partial charge in [0.15, 0.2) is 0 Å². The Kier molecular flexibility index (Phi) is 5.09. The molecule has 0 aliphatic heterocycles. The fourth-order valence-corrected chi connectivity index (χ4v) is 1.71. The fraction of sp³-hybridized carbons (Fsp3) is 0.333. The van der Waals surface area contributed by atoms with Gasteiger partial charge in [0.2, 0.25) is 5.91 Å². The molecule has 0 spiro atoms. The number of nitrogens with one attached hydrogen (secondary N) is 1. The summed E-state index contributed by atoms with van der Waals surface area (Å²) in [6, 6.07) is 3.31. The van der Waals surface area contributed by atoms with Crippen LogP contribution >= 0.6 is 11.6 Å². The molecule has 1 aromatic carbocycles. The Bertz CT molecular complexity index is 465. The van der Waals surface area contributed by atoms with Crippen LogP contribution in [0.4, 0.5) is 4.39 Å². The minimum Gasteiger partial charge on any atom is -0.481 e. The smallest absolute Gasteiger partial charge is 0.305 e. The topological polar surface area (TPSA) is 66.4 Å². The molecule has 1 aromatic rings. The highest BCUT2D eigenvalue weighted by molar-refractivity contribution is 6.31. The zero-order valence-electron chi connectivity index (χ0n) is 9.74. The molecule has 1 amide bonds. The Morgan fingerprint density at radius 3 is 2.72 bits per heavy atom. The Morgan fingerprint density at radius 1 is 1.50 bits per heavy atom. The molecule has 0 radical (unpaired) electrons. The van der Waals surface area contributed by atoms with Crippen molar-refractivity contribution >= 4 is 23.5 Å². The molecule has 1 rings (SSSR count). The van der Waals surface area contributed by atoms with Crippen LogP contribution in [0.2, 0.25) is 5.02 Å². The van der Waals surface area contributed by atoms with E-state index in [1.807, 2.05) is 0 Å². The summed E-state index contributed by atoms with van der Waals surface area (Å²) >= 11 is 5.78. The van der Waals surface area contributed by atoms with Gasteiger partial charge in [0.25, 0.3) is 0 Å². The Balaban J connectivity index is 2.56. The maximum Gasteiger partial charge on any atom is 0.305 e. The van der Waals surface area contributed by atoms with E-state index in [2.05, 4.69) is 5.32 Å². The van der Waals surface area contributed by atoms with Crippen molar-refractivity contribution in [3.05, 3.63) is 34.6 Å². The van der Waals surface area contributed by atoms with E-state index < -0.39 is 17.8 Å². The number of carbonyl (C=O) groups excluding carboxylic acids is 1. The molecule has 0 saturated carbocycles. The van der Waals surface area contributed by atoms with Gasteiger partial charge < -0.3 is 10.4 Å². The van der Waals surface area contributed by atoms with Gasteiger partial charge in [-0.15, -0.1) is 0 Å². The zero-order valence-corrected chi connectivity index (χ0v) is 10.5. The van der Waals surface area contributed by atoms with Gasteiger partial charge in [-0.25, -0.2) is 4.39 Å². The SMILES string of the molecule is CC(CC(=O)O)NC(=O)Cc1ccc(F)cc1Cl. The standard InChI is InChI=1S/C12H13ClFNO3/c1-7(4-12(17)18)15-11(16)5-8-2-3-9(14)6-10(8)13/h2-3,6-7H,4-5H2,1H3,(H,15,16)(H,17,18). The number of hydrogen-bond acceptors (Lipinski definition) is 2. The maximum atomic E-state index is 12.8. The molecule has 1 unspecified atom stereocenters. The summed E-state index contributed by atoms with van der Waals surface area (Å²) in [6.45, 7) is 1.60. The summed E-state index contributed by atoms with van der Waals surface area (Å²) in [5, 5.41) is 11.3. The van der Waals surface area contributed by atoms with E-state index >= 15 is 0 Å². The Morgan fingerprint density at radius 2 is 2.17 bits per heavy atom. The third-order valence-electron chi connectivity index (χ3n) is 2.25. The molecule has 0 aliphatic rings. The van der Waals surface area contributed by atoms with E-state index in [0.29, 0.717) is 5.56 Å². The number of carbonyl (C=O) groups is 2. The average Bonchev–Trinajstić information content (AvgIpc) is 2.20. The van der Waals surface area contributed by atoms with Crippen molar-refractivity contribution in [1.29, 1.82) is 0 Å². The zero-order chi connectivity index (χ0) is 13.7. The summed E-state index contributed by atoms with van der Waals surface area (Å²) in [7, 11) is 0. The fourth-order valence-electron chi connectivity index (χ4n) is 1.48. The third kappa shape index (κ3) is 4.71. The second-order valence-electron chi connectivity index (χ2n) is 3.98. The quantitative estimate of drug-likeness (QED) is 0.862. The molecular formula is C12H13ClFNO3. The first-order valence-corrected chi connectivity index (χ1v) is 5.71. The lowest BCUT2D eigenvalue weighted by molar-refractivity contribution is -0.137. The van der Waals surface area contributed by atoms with Crippen LogP contribution in [0, 0.1) is 5.82 Å². The van der Waals surface area contributed by atoms with Gasteiger partial charge in [-0.2, -0.15) is 0 Å². The van der Waals surface area contributed by atoms with Gasteiger partial charge in [-0.3, -0.25) is 9.59 Å². The lowest BCUT2D eigenvalue weighted by atomic mass is 10.1. The van der Waals surface area contributed by atoms with Crippen molar-refractivity contribution in [2.75, 3.05) is 0 Å². The number of carboxylic acid groups (broad SMARTS) is 1. The van der Waals surface area contributed by atoms with E-state index in [1.54, 1.807) is 6.92 Å². The van der Waals surface area contributed by atoms with Gasteiger partial charge >= 0.3 is 5.97 Å². The summed E-state index contributed by atoms with van der Waals surface area (Å²) in [6.07, 6.45) is -0.161. The number of amides is 1. The Hall–Kier alpha value is -1.62. The summed E-state index contributed by atoms with van der Waals surface area (Å²) in [4.78, 5) is 22.0. The van der Waals surface area contributed by atoms with Gasteiger partial charge in [0.1, 0.15) is 5.82 Å². The van der Waals surface area contributed by atoms with Crippen LogP contribution < -0.4 is 5.32 Å². The normalized spacial score (nSPS) is 11.9. The molecule has 2 N–H and O–H groups in total. The first kappa shape index (κ1) is 14.4. The summed E-state index contributed by atoms with van der Waals surface area (Å²) < 4.78 is 12.8. The molecule has 1 atom stereocenters. The summed E-state index contributed by atoms with van der Waals surface area (Å²) in [5.74, 6) is -1.80. The van der Waals surface area contributed by atoms with Crippen LogP contribution in [-0.4, -0.2) is 23.0 Å². The first-order chi connectivity index (χ1) is 8.38. The Labute approximate surface area is 109 Å². The first-order valence-electron chi connectivity index (χ1n) is 5.33. The molecular weight excluding hydrogens is 261 g/mol. The van der Waals surface area contributed by atoms with Crippen LogP contribution in [0.1, 0.15) is 18.9 Å². The number of benzene rings is 1. The second kappa shape index (κ2) is 6.35. The number of aliphatic carboxylic acids is 1. The number of hydrogen-bond donors (Lipinski definition) is 2. The van der Waals surface area contributed by atoms with Crippen molar-refractivity contribution in [2.24, 2.45) is 0 Å². The molecule has 0 bridgehead atoms. The molecule has 0 heterocycles. The molecule has 6 heteroatoms. The van der Waals surface area contributed by atoms with Crippen LogP contribution in [0.15, 0.2) is 18.2 Å². The van der Waals surface area contributed by atoms with Crippen molar-refractivity contribution < 1.29 is 19.1 Å². The average molecular weight is 274 g/mol. The van der Waals surface area contributed by atoms with Crippen LogP contribution in [0.25, 0.3) is 0 Å². The lowest BCUT2D eigenvalue weighted by Crippen LogP contribution is -2.35. The van der Waals surface area contributed by atoms with Crippen molar-refractivity contribution in [3.8, 4) is 0 Å². The molecule has 98 valence electrons. The van der Waals surface area contributed by atoms with Crippen molar-refractivity contribution in [1.82, 2.24) is 5.32 Å². The highest BCUT2D eigenvalue weighted by atomic mass is 35.5. The molecule has 0 aromatic heterocycles. The van der Waals surface area contributed by atoms with Gasteiger partial charge in [-0.1, -0.05) is 17.7 Å².